The van der Waals surface area contributed by atoms with Crippen LogP contribution >= 0.6 is 33.9 Å². The van der Waals surface area contributed by atoms with Gasteiger partial charge in [0.2, 0.25) is 0 Å². The van der Waals surface area contributed by atoms with Gasteiger partial charge in [-0.25, -0.2) is 5.01 Å². The minimum absolute atomic E-state index is 0.126. The molecule has 4 aromatic rings. The van der Waals surface area contributed by atoms with E-state index >= 15 is 0 Å². The molecular formula is C28H22F3IN2OS. The number of thiophene rings is 1. The highest BCUT2D eigenvalue weighted by Crippen LogP contribution is 2.46. The largest absolute Gasteiger partial charge is 0.416 e. The molecule has 0 N–H and O–H groups in total. The lowest BCUT2D eigenvalue weighted by atomic mass is 9.96. The van der Waals surface area contributed by atoms with Gasteiger partial charge in [0.25, 0.3) is 5.91 Å². The molecule has 0 radical (unpaired) electrons. The van der Waals surface area contributed by atoms with Crippen molar-refractivity contribution in [3.63, 3.8) is 0 Å². The number of hydrogen-bond donors (Lipinski definition) is 0. The summed E-state index contributed by atoms with van der Waals surface area (Å²) in [6.45, 7) is 0.466. The maximum Gasteiger partial charge on any atom is 0.416 e. The molecular weight excluding hydrogens is 596 g/mol. The summed E-state index contributed by atoms with van der Waals surface area (Å²) in [5.74, 6) is -0.126. The maximum atomic E-state index is 14.1. The highest BCUT2D eigenvalue weighted by molar-refractivity contribution is 14.1. The van der Waals surface area contributed by atoms with E-state index in [2.05, 4.69) is 22.6 Å². The predicted molar refractivity (Wildman–Crippen MR) is 143 cm³/mol. The van der Waals surface area contributed by atoms with Crippen LogP contribution in [0.4, 0.5) is 13.2 Å². The van der Waals surface area contributed by atoms with Crippen LogP contribution in [-0.2, 0) is 12.7 Å². The maximum absolute atomic E-state index is 14.1. The average molecular weight is 618 g/mol. The first kappa shape index (κ1) is 25.0. The molecule has 1 fully saturated rings. The van der Waals surface area contributed by atoms with Crippen LogP contribution in [0.2, 0.25) is 0 Å². The first-order chi connectivity index (χ1) is 17.3. The van der Waals surface area contributed by atoms with Crippen LogP contribution in [0.15, 0.2) is 95.7 Å². The van der Waals surface area contributed by atoms with Crippen molar-refractivity contribution in [1.29, 1.82) is 0 Å². The number of nitrogens with zero attached hydrogens (tertiary/aromatic N) is 2. The average Bonchev–Trinajstić information content (AvgIpc) is 3.52. The summed E-state index contributed by atoms with van der Waals surface area (Å²) in [7, 11) is 0. The third-order valence-corrected chi connectivity index (χ3v) is 8.10. The number of hydrogen-bond acceptors (Lipinski definition) is 3. The number of carbonyl (C=O) groups excluding carboxylic acids is 1. The fraction of sp³-hybridized carbons (Fsp3) is 0.179. The smallest absolute Gasteiger partial charge is 0.268 e. The third-order valence-electron chi connectivity index (χ3n) is 6.42. The Morgan fingerprint density at radius 2 is 1.56 bits per heavy atom. The van der Waals surface area contributed by atoms with Gasteiger partial charge in [-0.2, -0.15) is 24.5 Å². The zero-order chi connectivity index (χ0) is 25.3. The quantitative estimate of drug-likeness (QED) is 0.211. The minimum Gasteiger partial charge on any atom is -0.268 e. The monoisotopic (exact) mass is 618 g/mol. The number of halogens is 4. The van der Waals surface area contributed by atoms with E-state index in [1.54, 1.807) is 11.3 Å². The molecule has 8 heteroatoms. The molecule has 5 rings (SSSR count). The SMILES string of the molecule is O=C(c1ccccc1I)N1[C@H](c2ccccc2)C[C@H](c2ccc(C(F)(F)F)cc2)N1Cc1ccsc1. The van der Waals surface area contributed by atoms with Crippen LogP contribution in [-0.4, -0.2) is 15.9 Å². The van der Waals surface area contributed by atoms with Gasteiger partial charge >= 0.3 is 6.18 Å². The van der Waals surface area contributed by atoms with Gasteiger partial charge in [-0.3, -0.25) is 9.80 Å². The number of amides is 1. The molecule has 3 aromatic carbocycles. The second-order valence-corrected chi connectivity index (χ2v) is 10.6. The van der Waals surface area contributed by atoms with E-state index in [0.717, 1.165) is 32.4 Å². The Kier molecular flexibility index (Phi) is 7.18. The number of hydrazine groups is 1. The molecule has 2 heterocycles. The van der Waals surface area contributed by atoms with Crippen LogP contribution in [0.3, 0.4) is 0 Å². The second-order valence-electron chi connectivity index (χ2n) is 8.66. The molecule has 1 amide bonds. The summed E-state index contributed by atoms with van der Waals surface area (Å²) >= 11 is 3.74. The lowest BCUT2D eigenvalue weighted by molar-refractivity contribution is -0.137. The van der Waals surface area contributed by atoms with E-state index in [9.17, 15) is 18.0 Å². The number of rotatable bonds is 5. The predicted octanol–water partition coefficient (Wildman–Crippen LogP) is 8.12. The van der Waals surface area contributed by atoms with Gasteiger partial charge < -0.3 is 0 Å². The van der Waals surface area contributed by atoms with Crippen molar-refractivity contribution in [3.8, 4) is 0 Å². The molecule has 0 bridgehead atoms. The van der Waals surface area contributed by atoms with E-state index in [1.165, 1.54) is 12.1 Å². The van der Waals surface area contributed by atoms with Gasteiger partial charge in [0.05, 0.1) is 23.2 Å². The summed E-state index contributed by atoms with van der Waals surface area (Å²) in [5, 5.41) is 7.86. The molecule has 184 valence electrons. The zero-order valence-corrected chi connectivity index (χ0v) is 22.0. The van der Waals surface area contributed by atoms with Gasteiger partial charge in [-0.15, -0.1) is 0 Å². The standard InChI is InChI=1S/C28H22F3IN2OS/c29-28(30,31)22-12-10-21(11-13-22)25-16-26(20-6-2-1-3-7-20)34(33(25)17-19-14-15-36-18-19)27(35)23-8-4-5-9-24(23)32/h1-15,18,25-26H,16-17H2/t25-,26+/m1/s1. The lowest BCUT2D eigenvalue weighted by Crippen LogP contribution is -2.43. The molecule has 0 saturated carbocycles. The molecule has 1 aliphatic heterocycles. The van der Waals surface area contributed by atoms with Crippen LogP contribution in [0, 0.1) is 3.57 Å². The third kappa shape index (κ3) is 5.07. The van der Waals surface area contributed by atoms with Crippen molar-refractivity contribution >= 4 is 39.8 Å². The van der Waals surface area contributed by atoms with Gasteiger partial charge in [0.15, 0.2) is 0 Å². The normalized spacial score (nSPS) is 18.5. The van der Waals surface area contributed by atoms with Crippen LogP contribution in [0.25, 0.3) is 0 Å². The van der Waals surface area contributed by atoms with Crippen molar-refractivity contribution in [1.82, 2.24) is 10.0 Å². The molecule has 1 aliphatic rings. The van der Waals surface area contributed by atoms with Crippen LogP contribution in [0.5, 0.6) is 0 Å². The molecule has 1 saturated heterocycles. The van der Waals surface area contributed by atoms with Crippen molar-refractivity contribution in [2.24, 2.45) is 0 Å². The Morgan fingerprint density at radius 3 is 2.19 bits per heavy atom. The fourth-order valence-electron chi connectivity index (χ4n) is 4.69. The molecule has 0 unspecified atom stereocenters. The van der Waals surface area contributed by atoms with Crippen molar-refractivity contribution < 1.29 is 18.0 Å². The van der Waals surface area contributed by atoms with E-state index in [0.29, 0.717) is 18.5 Å². The Hall–Kier alpha value is -2.69. The highest BCUT2D eigenvalue weighted by atomic mass is 127. The first-order valence-electron chi connectivity index (χ1n) is 11.4. The second kappa shape index (κ2) is 10.4. The molecule has 2 atom stereocenters. The molecule has 36 heavy (non-hydrogen) atoms. The van der Waals surface area contributed by atoms with E-state index in [-0.39, 0.29) is 18.0 Å². The Bertz CT molecular complexity index is 1330. The Balaban J connectivity index is 1.61. The number of carbonyl (C=O) groups is 1. The summed E-state index contributed by atoms with van der Waals surface area (Å²) in [6.07, 6.45) is -3.84. The Labute approximate surface area is 225 Å². The summed E-state index contributed by atoms with van der Waals surface area (Å²) in [4.78, 5) is 14.1. The molecule has 3 nitrogen and oxygen atoms in total. The molecule has 0 spiro atoms. The van der Waals surface area contributed by atoms with Crippen LogP contribution in [0.1, 0.15) is 51.1 Å². The Morgan fingerprint density at radius 1 is 0.889 bits per heavy atom. The number of alkyl halides is 3. The topological polar surface area (TPSA) is 23.6 Å². The van der Waals surface area contributed by atoms with Gasteiger partial charge in [0, 0.05) is 10.1 Å². The first-order valence-corrected chi connectivity index (χ1v) is 13.4. The van der Waals surface area contributed by atoms with Gasteiger partial charge in [-0.05, 0) is 86.8 Å². The van der Waals surface area contributed by atoms with Gasteiger partial charge in [0.1, 0.15) is 0 Å². The summed E-state index contributed by atoms with van der Waals surface area (Å²) < 4.78 is 40.6. The summed E-state index contributed by atoms with van der Waals surface area (Å²) in [6, 6.07) is 24.1. The minimum atomic E-state index is -4.40. The van der Waals surface area contributed by atoms with E-state index < -0.39 is 11.7 Å². The molecule has 1 aromatic heterocycles. The van der Waals surface area contributed by atoms with E-state index in [4.69, 9.17) is 0 Å². The van der Waals surface area contributed by atoms with Crippen molar-refractivity contribution in [2.45, 2.75) is 31.2 Å². The van der Waals surface area contributed by atoms with Crippen molar-refractivity contribution in [2.75, 3.05) is 0 Å². The summed E-state index contributed by atoms with van der Waals surface area (Å²) in [5.41, 5.74) is 2.70. The fourth-order valence-corrected chi connectivity index (χ4v) is 5.97. The zero-order valence-electron chi connectivity index (χ0n) is 19.0. The highest BCUT2D eigenvalue weighted by Gasteiger charge is 2.44. The molecule has 0 aliphatic carbocycles. The van der Waals surface area contributed by atoms with E-state index in [1.807, 2.05) is 81.4 Å². The van der Waals surface area contributed by atoms with Crippen molar-refractivity contribution in [3.05, 3.63) is 127 Å². The van der Waals surface area contributed by atoms with Gasteiger partial charge in [-0.1, -0.05) is 54.6 Å². The number of benzene rings is 3. The van der Waals surface area contributed by atoms with Crippen LogP contribution < -0.4 is 0 Å². The lowest BCUT2D eigenvalue weighted by Gasteiger charge is -2.35.